The molecule has 1 aromatic carbocycles. The summed E-state index contributed by atoms with van der Waals surface area (Å²) in [7, 11) is 0. The summed E-state index contributed by atoms with van der Waals surface area (Å²) in [5.74, 6) is 1.61. The van der Waals surface area contributed by atoms with Gasteiger partial charge in [0, 0.05) is 50.1 Å². The first-order valence-electron chi connectivity index (χ1n) is 11.1. The van der Waals surface area contributed by atoms with Crippen LogP contribution < -0.4 is 4.90 Å². The third kappa shape index (κ3) is 3.88. The molecule has 0 unspecified atom stereocenters. The second kappa shape index (κ2) is 8.94. The van der Waals surface area contributed by atoms with Gasteiger partial charge in [-0.3, -0.25) is 24.3 Å². The fraction of sp³-hybridized carbons (Fsp3) is 0.417. The molecule has 8 heteroatoms. The number of anilines is 1. The topological polar surface area (TPSA) is 73.8 Å². The van der Waals surface area contributed by atoms with Gasteiger partial charge in [0.05, 0.1) is 29.3 Å². The van der Waals surface area contributed by atoms with Gasteiger partial charge < -0.3 is 9.80 Å². The van der Waals surface area contributed by atoms with Crippen LogP contribution in [0.25, 0.3) is 0 Å². The van der Waals surface area contributed by atoms with Crippen molar-refractivity contribution in [2.75, 3.05) is 42.6 Å². The highest BCUT2D eigenvalue weighted by molar-refractivity contribution is 7.99. The minimum absolute atomic E-state index is 0.0681. The fourth-order valence-electron chi connectivity index (χ4n) is 4.84. The number of pyridine rings is 1. The summed E-state index contributed by atoms with van der Waals surface area (Å²) in [5.41, 5.74) is 2.48. The number of amides is 3. The molecule has 2 fully saturated rings. The van der Waals surface area contributed by atoms with Gasteiger partial charge in [-0.25, -0.2) is 0 Å². The molecular formula is C24H26N4O3S. The van der Waals surface area contributed by atoms with Crippen LogP contribution in [-0.4, -0.2) is 70.2 Å². The average molecular weight is 451 g/mol. The van der Waals surface area contributed by atoms with E-state index in [0.717, 1.165) is 55.2 Å². The van der Waals surface area contributed by atoms with E-state index in [1.54, 1.807) is 24.5 Å². The van der Waals surface area contributed by atoms with Crippen LogP contribution in [0.5, 0.6) is 0 Å². The molecule has 1 aromatic heterocycles. The molecule has 0 N–H and O–H groups in total. The van der Waals surface area contributed by atoms with E-state index in [4.69, 9.17) is 0 Å². The van der Waals surface area contributed by atoms with Crippen molar-refractivity contribution in [2.24, 2.45) is 5.92 Å². The maximum Gasteiger partial charge on any atom is 0.263 e. The largest absolute Gasteiger partial charge is 0.370 e. The molecule has 0 radical (unpaired) electrons. The van der Waals surface area contributed by atoms with Gasteiger partial charge in [-0.2, -0.15) is 11.8 Å². The van der Waals surface area contributed by atoms with Crippen molar-refractivity contribution in [3.63, 3.8) is 0 Å². The number of nitrogens with zero attached hydrogens (tertiary/aromatic N) is 4. The number of carbonyl (C=O) groups is 3. The van der Waals surface area contributed by atoms with Gasteiger partial charge in [0.15, 0.2) is 0 Å². The van der Waals surface area contributed by atoms with Crippen LogP contribution in [0.3, 0.4) is 0 Å². The van der Waals surface area contributed by atoms with E-state index in [1.807, 2.05) is 34.9 Å². The van der Waals surface area contributed by atoms with Gasteiger partial charge >= 0.3 is 0 Å². The molecule has 0 saturated carbocycles. The third-order valence-electron chi connectivity index (χ3n) is 6.47. The van der Waals surface area contributed by atoms with Crippen LogP contribution in [0, 0.1) is 5.92 Å². The number of hydrogen-bond acceptors (Lipinski definition) is 6. The van der Waals surface area contributed by atoms with Crippen molar-refractivity contribution in [3.05, 3.63) is 59.4 Å². The molecule has 1 atom stereocenters. The molecule has 3 amide bonds. The number of imide groups is 1. The third-order valence-corrected chi connectivity index (χ3v) is 7.42. The Morgan fingerprint density at radius 1 is 1.06 bits per heavy atom. The SMILES string of the molecule is O=C([C@H]1CCCN(c2cccc3c2C(=O)N(Cc2cccnc2)C3=O)C1)N1CCSCC1. The number of piperidine rings is 1. The molecule has 2 saturated heterocycles. The van der Waals surface area contributed by atoms with E-state index >= 15 is 0 Å². The number of hydrogen-bond donors (Lipinski definition) is 0. The number of carbonyl (C=O) groups excluding carboxylic acids is 3. The highest BCUT2D eigenvalue weighted by Crippen LogP contribution is 2.35. The summed E-state index contributed by atoms with van der Waals surface area (Å²) in [6.07, 6.45) is 5.10. The van der Waals surface area contributed by atoms with E-state index in [2.05, 4.69) is 9.88 Å². The van der Waals surface area contributed by atoms with Crippen molar-refractivity contribution < 1.29 is 14.4 Å². The first kappa shape index (κ1) is 21.0. The van der Waals surface area contributed by atoms with Crippen LogP contribution in [0.2, 0.25) is 0 Å². The van der Waals surface area contributed by atoms with Gasteiger partial charge in [-0.1, -0.05) is 12.1 Å². The lowest BCUT2D eigenvalue weighted by Gasteiger charge is -2.37. The molecule has 5 rings (SSSR count). The normalized spacial score (nSPS) is 21.1. The first-order valence-corrected chi connectivity index (χ1v) is 12.3. The number of rotatable bonds is 4. The van der Waals surface area contributed by atoms with E-state index in [0.29, 0.717) is 17.7 Å². The Hall–Kier alpha value is -2.87. The zero-order valence-electron chi connectivity index (χ0n) is 17.9. The maximum absolute atomic E-state index is 13.3. The first-order chi connectivity index (χ1) is 15.6. The summed E-state index contributed by atoms with van der Waals surface area (Å²) < 4.78 is 0. The lowest BCUT2D eigenvalue weighted by molar-refractivity contribution is -0.135. The lowest BCUT2D eigenvalue weighted by Crippen LogP contribution is -2.47. The molecule has 4 heterocycles. The maximum atomic E-state index is 13.3. The van der Waals surface area contributed by atoms with Gasteiger partial charge in [0.25, 0.3) is 11.8 Å². The Morgan fingerprint density at radius 3 is 2.69 bits per heavy atom. The number of fused-ring (bicyclic) bond motifs is 1. The monoisotopic (exact) mass is 450 g/mol. The second-order valence-corrected chi connectivity index (χ2v) is 9.70. The van der Waals surface area contributed by atoms with Gasteiger partial charge in [-0.15, -0.1) is 0 Å². The van der Waals surface area contributed by atoms with Crippen LogP contribution in [-0.2, 0) is 11.3 Å². The zero-order chi connectivity index (χ0) is 22.1. The minimum Gasteiger partial charge on any atom is -0.370 e. The van der Waals surface area contributed by atoms with Crippen LogP contribution in [0.1, 0.15) is 39.1 Å². The van der Waals surface area contributed by atoms with Crippen molar-refractivity contribution in [1.82, 2.24) is 14.8 Å². The molecule has 0 aliphatic carbocycles. The molecule has 3 aliphatic rings. The zero-order valence-corrected chi connectivity index (χ0v) is 18.7. The highest BCUT2D eigenvalue weighted by Gasteiger charge is 2.39. The quantitative estimate of drug-likeness (QED) is 0.667. The standard InChI is InChI=1S/C24H26N4O3S/c29-22(26-10-12-32-13-11-26)18-5-3-9-27(16-18)20-7-1-6-19-21(20)24(31)28(23(19)30)15-17-4-2-8-25-14-17/h1-2,4,6-8,14,18H,3,5,9-13,15-16H2/t18-/m0/s1. The summed E-state index contributed by atoms with van der Waals surface area (Å²) in [4.78, 5) is 48.9. The predicted octanol–water partition coefficient (Wildman–Crippen LogP) is 2.67. The van der Waals surface area contributed by atoms with Crippen molar-refractivity contribution in [3.8, 4) is 0 Å². The van der Waals surface area contributed by atoms with Gasteiger partial charge in [-0.05, 0) is 36.6 Å². The number of thioether (sulfide) groups is 1. The Balaban J connectivity index is 1.38. The summed E-state index contributed by atoms with van der Waals surface area (Å²) in [6, 6.07) is 9.12. The van der Waals surface area contributed by atoms with Crippen LogP contribution in [0.15, 0.2) is 42.7 Å². The van der Waals surface area contributed by atoms with E-state index in [1.165, 1.54) is 4.90 Å². The Kier molecular flexibility index (Phi) is 5.87. The molecule has 3 aliphatic heterocycles. The van der Waals surface area contributed by atoms with Crippen molar-refractivity contribution in [1.29, 1.82) is 0 Å². The molecule has 32 heavy (non-hydrogen) atoms. The average Bonchev–Trinajstić information content (AvgIpc) is 3.10. The molecule has 7 nitrogen and oxygen atoms in total. The Labute approximate surface area is 191 Å². The predicted molar refractivity (Wildman–Crippen MR) is 124 cm³/mol. The van der Waals surface area contributed by atoms with Crippen LogP contribution in [0.4, 0.5) is 5.69 Å². The highest BCUT2D eigenvalue weighted by atomic mass is 32.2. The number of aromatic nitrogens is 1. The smallest absolute Gasteiger partial charge is 0.263 e. The minimum atomic E-state index is -0.272. The molecule has 166 valence electrons. The summed E-state index contributed by atoms with van der Waals surface area (Å²) in [6.45, 7) is 3.20. The summed E-state index contributed by atoms with van der Waals surface area (Å²) in [5, 5.41) is 0. The van der Waals surface area contributed by atoms with Crippen molar-refractivity contribution in [2.45, 2.75) is 19.4 Å². The molecular weight excluding hydrogens is 424 g/mol. The van der Waals surface area contributed by atoms with E-state index in [9.17, 15) is 14.4 Å². The Bertz CT molecular complexity index is 1040. The van der Waals surface area contributed by atoms with E-state index in [-0.39, 0.29) is 30.2 Å². The van der Waals surface area contributed by atoms with E-state index < -0.39 is 0 Å². The fourth-order valence-corrected chi connectivity index (χ4v) is 5.74. The lowest BCUT2D eigenvalue weighted by atomic mass is 9.94. The Morgan fingerprint density at radius 2 is 1.91 bits per heavy atom. The molecule has 2 aromatic rings. The summed E-state index contributed by atoms with van der Waals surface area (Å²) >= 11 is 1.89. The number of benzene rings is 1. The second-order valence-electron chi connectivity index (χ2n) is 8.48. The van der Waals surface area contributed by atoms with Crippen molar-refractivity contribution >= 4 is 35.2 Å². The van der Waals surface area contributed by atoms with Crippen LogP contribution >= 0.6 is 11.8 Å². The van der Waals surface area contributed by atoms with Gasteiger partial charge in [0.2, 0.25) is 5.91 Å². The molecule has 0 spiro atoms. The molecule has 0 bridgehead atoms. The van der Waals surface area contributed by atoms with Gasteiger partial charge in [0.1, 0.15) is 0 Å².